The largest absolute Gasteiger partial charge is 0.316 e. The van der Waals surface area contributed by atoms with Crippen LogP contribution >= 0.6 is 0 Å². The molecule has 1 fully saturated rings. The number of pyridine rings is 1. The minimum Gasteiger partial charge on any atom is -0.316 e. The van der Waals surface area contributed by atoms with E-state index in [1.807, 2.05) is 0 Å². The van der Waals surface area contributed by atoms with E-state index in [1.54, 1.807) is 12.1 Å². The van der Waals surface area contributed by atoms with Crippen molar-refractivity contribution in [3.8, 4) is 0 Å². The zero-order chi connectivity index (χ0) is 10.3. The number of nitrogens with zero attached hydrogens (tertiary/aromatic N) is 3. The Kier molecular flexibility index (Phi) is 1.92. The molecule has 78 valence electrons. The molecule has 1 atom stereocenters. The second-order valence-electron chi connectivity index (χ2n) is 3.79. The molecule has 0 spiro atoms. The molecular weight excluding hydrogens is 195 g/mol. The summed E-state index contributed by atoms with van der Waals surface area (Å²) in [6, 6.07) is 4.85. The van der Waals surface area contributed by atoms with Crippen LogP contribution in [-0.2, 0) is 0 Å². The van der Waals surface area contributed by atoms with Crippen LogP contribution in [-0.4, -0.2) is 27.7 Å². The van der Waals surface area contributed by atoms with Crippen molar-refractivity contribution in [2.75, 3.05) is 13.1 Å². The Morgan fingerprint density at radius 1 is 1.40 bits per heavy atom. The van der Waals surface area contributed by atoms with Gasteiger partial charge in [-0.15, -0.1) is 10.2 Å². The van der Waals surface area contributed by atoms with Gasteiger partial charge in [0, 0.05) is 12.5 Å². The van der Waals surface area contributed by atoms with Crippen molar-refractivity contribution in [1.82, 2.24) is 19.9 Å². The lowest BCUT2D eigenvalue weighted by Crippen LogP contribution is -2.11. The summed E-state index contributed by atoms with van der Waals surface area (Å²) < 4.78 is 15.1. The molecule has 0 saturated carbocycles. The Balaban J connectivity index is 2.18. The molecule has 1 N–H and O–H groups in total. The van der Waals surface area contributed by atoms with E-state index in [9.17, 15) is 4.39 Å². The third-order valence-electron chi connectivity index (χ3n) is 2.83. The van der Waals surface area contributed by atoms with E-state index in [2.05, 4.69) is 15.5 Å². The van der Waals surface area contributed by atoms with E-state index in [4.69, 9.17) is 0 Å². The predicted molar refractivity (Wildman–Crippen MR) is 53.2 cm³/mol. The van der Waals surface area contributed by atoms with Gasteiger partial charge in [-0.25, -0.2) is 0 Å². The monoisotopic (exact) mass is 206 g/mol. The lowest BCUT2D eigenvalue weighted by atomic mass is 10.1. The number of hydrogen-bond donors (Lipinski definition) is 1. The third kappa shape index (κ3) is 1.31. The smallest absolute Gasteiger partial charge is 0.200 e. The molecule has 0 amide bonds. The highest BCUT2D eigenvalue weighted by molar-refractivity contribution is 5.38. The van der Waals surface area contributed by atoms with Crippen molar-refractivity contribution in [3.63, 3.8) is 0 Å². The Hall–Kier alpha value is -1.49. The van der Waals surface area contributed by atoms with Crippen LogP contribution in [0.4, 0.5) is 4.39 Å². The van der Waals surface area contributed by atoms with E-state index < -0.39 is 0 Å². The third-order valence-corrected chi connectivity index (χ3v) is 2.83. The first-order valence-electron chi connectivity index (χ1n) is 5.06. The summed E-state index contributed by atoms with van der Waals surface area (Å²) in [7, 11) is 0. The van der Waals surface area contributed by atoms with Crippen LogP contribution in [0.3, 0.4) is 0 Å². The molecule has 2 aromatic rings. The fraction of sp³-hybridized carbons (Fsp3) is 0.400. The molecule has 0 aromatic carbocycles. The van der Waals surface area contributed by atoms with Gasteiger partial charge in [0.05, 0.1) is 0 Å². The van der Waals surface area contributed by atoms with Crippen LogP contribution in [0.2, 0.25) is 0 Å². The molecule has 0 aliphatic carbocycles. The molecule has 1 aliphatic heterocycles. The van der Waals surface area contributed by atoms with E-state index in [0.717, 1.165) is 25.3 Å². The van der Waals surface area contributed by atoms with Gasteiger partial charge in [0.1, 0.15) is 5.82 Å². The summed E-state index contributed by atoms with van der Waals surface area (Å²) in [5.41, 5.74) is 0.580. The first kappa shape index (κ1) is 8.79. The molecule has 1 saturated heterocycles. The average Bonchev–Trinajstić information content (AvgIpc) is 2.85. The van der Waals surface area contributed by atoms with Gasteiger partial charge in [0.2, 0.25) is 5.95 Å². The number of nitrogens with one attached hydrogen (secondary N) is 1. The first-order chi connectivity index (χ1) is 7.36. The van der Waals surface area contributed by atoms with E-state index in [0.29, 0.717) is 5.65 Å². The molecular formula is C10H11FN4. The zero-order valence-electron chi connectivity index (χ0n) is 8.15. The molecule has 1 unspecified atom stereocenters. The van der Waals surface area contributed by atoms with Crippen LogP contribution in [0, 0.1) is 5.95 Å². The van der Waals surface area contributed by atoms with Gasteiger partial charge < -0.3 is 5.32 Å². The minimum atomic E-state index is -0.292. The molecule has 2 aromatic heterocycles. The topological polar surface area (TPSA) is 42.2 Å². The van der Waals surface area contributed by atoms with E-state index >= 15 is 0 Å². The Morgan fingerprint density at radius 3 is 3.13 bits per heavy atom. The van der Waals surface area contributed by atoms with Crippen LogP contribution in [0.5, 0.6) is 0 Å². The normalized spacial score (nSPS) is 21.3. The van der Waals surface area contributed by atoms with E-state index in [-0.39, 0.29) is 11.9 Å². The van der Waals surface area contributed by atoms with Gasteiger partial charge in [-0.3, -0.25) is 4.40 Å². The molecule has 5 heteroatoms. The summed E-state index contributed by atoms with van der Waals surface area (Å²) >= 11 is 0. The van der Waals surface area contributed by atoms with Crippen molar-refractivity contribution in [3.05, 3.63) is 30.0 Å². The van der Waals surface area contributed by atoms with Crippen LogP contribution < -0.4 is 5.32 Å². The lowest BCUT2D eigenvalue weighted by Gasteiger charge is -2.06. The summed E-state index contributed by atoms with van der Waals surface area (Å²) in [5.74, 6) is 0.712. The second-order valence-corrected chi connectivity index (χ2v) is 3.79. The number of halogens is 1. The van der Waals surface area contributed by atoms with Crippen molar-refractivity contribution >= 4 is 5.65 Å². The fourth-order valence-electron chi connectivity index (χ4n) is 2.06. The predicted octanol–water partition coefficient (Wildman–Crippen LogP) is 0.945. The maximum atomic E-state index is 13.6. The zero-order valence-corrected chi connectivity index (χ0v) is 8.15. The summed E-state index contributed by atoms with van der Waals surface area (Å²) in [6.45, 7) is 1.82. The standard InChI is InChI=1S/C10H11FN4/c11-8-2-1-3-9-13-14-10(15(8)9)7-4-5-12-6-7/h1-3,7,12H,4-6H2. The second kappa shape index (κ2) is 3.27. The maximum Gasteiger partial charge on any atom is 0.200 e. The van der Waals surface area contributed by atoms with Crippen LogP contribution in [0.25, 0.3) is 5.65 Å². The molecule has 3 rings (SSSR count). The Bertz CT molecular complexity index is 487. The van der Waals surface area contributed by atoms with Gasteiger partial charge in [-0.1, -0.05) is 6.07 Å². The number of hydrogen-bond acceptors (Lipinski definition) is 3. The van der Waals surface area contributed by atoms with Crippen molar-refractivity contribution in [1.29, 1.82) is 0 Å². The number of rotatable bonds is 1. The van der Waals surface area contributed by atoms with Crippen LogP contribution in [0.1, 0.15) is 18.2 Å². The van der Waals surface area contributed by atoms with Gasteiger partial charge in [-0.05, 0) is 25.1 Å². The van der Waals surface area contributed by atoms with Gasteiger partial charge in [0.25, 0.3) is 0 Å². The molecule has 3 heterocycles. The molecule has 4 nitrogen and oxygen atoms in total. The molecule has 15 heavy (non-hydrogen) atoms. The quantitative estimate of drug-likeness (QED) is 0.706. The highest BCUT2D eigenvalue weighted by atomic mass is 19.1. The Labute approximate surface area is 86.1 Å². The highest BCUT2D eigenvalue weighted by Gasteiger charge is 2.22. The maximum absolute atomic E-state index is 13.6. The lowest BCUT2D eigenvalue weighted by molar-refractivity contribution is 0.546. The van der Waals surface area contributed by atoms with Crippen LogP contribution in [0.15, 0.2) is 18.2 Å². The SMILES string of the molecule is Fc1cccc2nnc(C3CCNC3)n12. The molecule has 1 aliphatic rings. The van der Waals surface area contributed by atoms with Gasteiger partial charge in [-0.2, -0.15) is 4.39 Å². The number of aromatic nitrogens is 3. The van der Waals surface area contributed by atoms with Crippen molar-refractivity contribution < 1.29 is 4.39 Å². The minimum absolute atomic E-state index is 0.275. The first-order valence-corrected chi connectivity index (χ1v) is 5.06. The Morgan fingerprint density at radius 2 is 2.33 bits per heavy atom. The van der Waals surface area contributed by atoms with Gasteiger partial charge >= 0.3 is 0 Å². The van der Waals surface area contributed by atoms with Crippen molar-refractivity contribution in [2.45, 2.75) is 12.3 Å². The average molecular weight is 206 g/mol. The summed E-state index contributed by atoms with van der Waals surface area (Å²) in [4.78, 5) is 0. The van der Waals surface area contributed by atoms with Gasteiger partial charge in [0.15, 0.2) is 5.65 Å². The van der Waals surface area contributed by atoms with E-state index in [1.165, 1.54) is 10.5 Å². The number of fused-ring (bicyclic) bond motifs is 1. The summed E-state index contributed by atoms with van der Waals surface area (Å²) in [5, 5.41) is 11.3. The molecule has 0 radical (unpaired) electrons. The molecule has 0 bridgehead atoms. The van der Waals surface area contributed by atoms with Crippen molar-refractivity contribution in [2.24, 2.45) is 0 Å². The summed E-state index contributed by atoms with van der Waals surface area (Å²) in [6.07, 6.45) is 0.995. The highest BCUT2D eigenvalue weighted by Crippen LogP contribution is 2.21. The fourth-order valence-corrected chi connectivity index (χ4v) is 2.06.